The second-order valence-electron chi connectivity index (χ2n) is 6.74. The molecule has 7 nitrogen and oxygen atoms in total. The molecule has 1 aliphatic carbocycles. The van der Waals surface area contributed by atoms with Crippen LogP contribution in [-0.4, -0.2) is 38.7 Å². The molecule has 0 radical (unpaired) electrons. The maximum atomic E-state index is 12.7. The lowest BCUT2D eigenvalue weighted by Crippen LogP contribution is -2.53. The molecule has 7 heteroatoms. The van der Waals surface area contributed by atoms with Gasteiger partial charge in [-0.2, -0.15) is 0 Å². The molecule has 1 aromatic rings. The first kappa shape index (κ1) is 16.0. The van der Waals surface area contributed by atoms with Gasteiger partial charge in [0.05, 0.1) is 0 Å². The summed E-state index contributed by atoms with van der Waals surface area (Å²) in [5, 5.41) is 14.2. The van der Waals surface area contributed by atoms with Crippen LogP contribution in [0.5, 0.6) is 0 Å². The van der Waals surface area contributed by atoms with Crippen LogP contribution in [0.1, 0.15) is 50.7 Å². The highest BCUT2D eigenvalue weighted by Crippen LogP contribution is 2.28. The van der Waals surface area contributed by atoms with E-state index in [-0.39, 0.29) is 23.8 Å². The molecule has 0 saturated heterocycles. The van der Waals surface area contributed by atoms with Gasteiger partial charge in [-0.25, -0.2) is 0 Å². The predicted octanol–water partition coefficient (Wildman–Crippen LogP) is 0.712. The van der Waals surface area contributed by atoms with Crippen LogP contribution < -0.4 is 10.6 Å². The Kier molecular flexibility index (Phi) is 4.63. The summed E-state index contributed by atoms with van der Waals surface area (Å²) < 4.78 is 2.07. The van der Waals surface area contributed by atoms with Crippen LogP contribution in [0.25, 0.3) is 0 Å². The van der Waals surface area contributed by atoms with Gasteiger partial charge in [0.25, 0.3) is 0 Å². The highest BCUT2D eigenvalue weighted by Gasteiger charge is 2.33. The lowest BCUT2D eigenvalue weighted by molar-refractivity contribution is -0.130. The van der Waals surface area contributed by atoms with Crippen LogP contribution in [0, 0.1) is 12.8 Å². The molecule has 0 spiro atoms. The van der Waals surface area contributed by atoms with Gasteiger partial charge >= 0.3 is 0 Å². The number of fused-ring (bicyclic) bond motifs is 1. The van der Waals surface area contributed by atoms with Crippen molar-refractivity contribution in [3.05, 3.63) is 11.6 Å². The Labute approximate surface area is 136 Å². The van der Waals surface area contributed by atoms with Gasteiger partial charge in [0, 0.05) is 25.9 Å². The van der Waals surface area contributed by atoms with Gasteiger partial charge < -0.3 is 15.2 Å². The van der Waals surface area contributed by atoms with Crippen LogP contribution in [-0.2, 0) is 22.6 Å². The highest BCUT2D eigenvalue weighted by molar-refractivity contribution is 5.87. The molecule has 1 saturated carbocycles. The van der Waals surface area contributed by atoms with E-state index in [0.29, 0.717) is 6.54 Å². The Bertz CT molecular complexity index is 591. The lowest BCUT2D eigenvalue weighted by Gasteiger charge is -2.29. The molecule has 2 unspecified atom stereocenters. The average Bonchev–Trinajstić information content (AvgIpc) is 3.15. The number of hydrogen-bond acceptors (Lipinski definition) is 4. The highest BCUT2D eigenvalue weighted by atomic mass is 16.2. The first-order valence-corrected chi connectivity index (χ1v) is 8.50. The van der Waals surface area contributed by atoms with Crippen molar-refractivity contribution in [2.24, 2.45) is 5.92 Å². The van der Waals surface area contributed by atoms with Crippen LogP contribution >= 0.6 is 0 Å². The molecule has 2 atom stereocenters. The van der Waals surface area contributed by atoms with Gasteiger partial charge in [0.2, 0.25) is 11.8 Å². The summed E-state index contributed by atoms with van der Waals surface area (Å²) >= 11 is 0. The normalized spacial score (nSPS) is 22.4. The molecule has 1 fully saturated rings. The summed E-state index contributed by atoms with van der Waals surface area (Å²) in [7, 11) is 0. The van der Waals surface area contributed by atoms with Crippen molar-refractivity contribution in [3.8, 4) is 0 Å². The Morgan fingerprint density at radius 3 is 2.65 bits per heavy atom. The maximum Gasteiger partial charge on any atom is 0.243 e. The van der Waals surface area contributed by atoms with E-state index in [9.17, 15) is 9.59 Å². The van der Waals surface area contributed by atoms with Gasteiger partial charge in [-0.3, -0.25) is 9.59 Å². The fourth-order valence-electron chi connectivity index (χ4n) is 3.78. The minimum atomic E-state index is -0.404. The molecule has 2 amide bonds. The Balaban J connectivity index is 1.64. The van der Waals surface area contributed by atoms with Gasteiger partial charge in [-0.15, -0.1) is 10.2 Å². The van der Waals surface area contributed by atoms with Gasteiger partial charge in [-0.1, -0.05) is 12.8 Å². The van der Waals surface area contributed by atoms with Gasteiger partial charge in [0.15, 0.2) is 0 Å². The summed E-state index contributed by atoms with van der Waals surface area (Å²) in [4.78, 5) is 24.2. The zero-order valence-corrected chi connectivity index (χ0v) is 13.8. The Morgan fingerprint density at radius 1 is 1.22 bits per heavy atom. The second-order valence-corrected chi connectivity index (χ2v) is 6.74. The van der Waals surface area contributed by atoms with Crippen LogP contribution in [0.15, 0.2) is 0 Å². The van der Waals surface area contributed by atoms with Crippen molar-refractivity contribution in [1.82, 2.24) is 25.4 Å². The van der Waals surface area contributed by atoms with E-state index in [4.69, 9.17) is 0 Å². The minimum Gasteiger partial charge on any atom is -0.350 e. The zero-order chi connectivity index (χ0) is 16.4. The third-order valence-corrected chi connectivity index (χ3v) is 4.99. The zero-order valence-electron chi connectivity index (χ0n) is 13.8. The molecule has 23 heavy (non-hydrogen) atoms. The number of amides is 2. The van der Waals surface area contributed by atoms with E-state index in [0.717, 1.165) is 50.2 Å². The van der Waals surface area contributed by atoms with Gasteiger partial charge in [0.1, 0.15) is 17.7 Å². The van der Waals surface area contributed by atoms with E-state index in [1.54, 1.807) is 0 Å². The summed E-state index contributed by atoms with van der Waals surface area (Å²) in [5.41, 5.74) is 0. The van der Waals surface area contributed by atoms with Crippen molar-refractivity contribution in [3.63, 3.8) is 0 Å². The third kappa shape index (κ3) is 3.54. The van der Waals surface area contributed by atoms with Crippen LogP contribution in [0.3, 0.4) is 0 Å². The maximum absolute atomic E-state index is 12.7. The molecule has 0 bridgehead atoms. The number of aromatic nitrogens is 3. The Morgan fingerprint density at radius 2 is 1.96 bits per heavy atom. The van der Waals surface area contributed by atoms with E-state index in [1.165, 1.54) is 6.92 Å². The summed E-state index contributed by atoms with van der Waals surface area (Å²) in [6, 6.07) is -0.333. The molecule has 2 N–H and O–H groups in total. The number of carbonyl (C=O) groups excluding carboxylic acids is 2. The van der Waals surface area contributed by atoms with E-state index >= 15 is 0 Å². The van der Waals surface area contributed by atoms with E-state index < -0.39 is 6.04 Å². The third-order valence-electron chi connectivity index (χ3n) is 4.99. The number of hydrogen-bond donors (Lipinski definition) is 2. The molecule has 1 aliphatic heterocycles. The monoisotopic (exact) mass is 319 g/mol. The molecule has 126 valence electrons. The number of carbonyl (C=O) groups is 2. The Hall–Kier alpha value is -1.92. The molecule has 2 heterocycles. The van der Waals surface area contributed by atoms with Crippen molar-refractivity contribution in [2.45, 2.75) is 71.0 Å². The molecule has 3 rings (SSSR count). The van der Waals surface area contributed by atoms with Crippen molar-refractivity contribution >= 4 is 11.8 Å². The molecule has 0 aromatic carbocycles. The number of nitrogens with one attached hydrogen (secondary N) is 2. The summed E-state index contributed by atoms with van der Waals surface area (Å²) in [6.07, 6.45) is 5.98. The van der Waals surface area contributed by atoms with Crippen LogP contribution in [0.2, 0.25) is 0 Å². The smallest absolute Gasteiger partial charge is 0.243 e. The predicted molar refractivity (Wildman–Crippen MR) is 84.6 cm³/mol. The summed E-state index contributed by atoms with van der Waals surface area (Å²) in [6.45, 7) is 4.11. The average molecular weight is 319 g/mol. The second kappa shape index (κ2) is 6.68. The fourth-order valence-corrected chi connectivity index (χ4v) is 3.78. The standard InChI is InChI=1S/C16H25N5O2/c1-10-19-20-14-8-7-13(9-21(10)14)18-16(23)15(17-11(2)22)12-5-3-4-6-12/h12-13,15H,3-9H2,1-2H3,(H,17,22)(H,18,23). The largest absolute Gasteiger partial charge is 0.350 e. The summed E-state index contributed by atoms with van der Waals surface area (Å²) in [5.74, 6) is 1.94. The topological polar surface area (TPSA) is 88.9 Å². The number of nitrogens with zero attached hydrogens (tertiary/aromatic N) is 3. The van der Waals surface area contributed by atoms with Crippen LogP contribution in [0.4, 0.5) is 0 Å². The van der Waals surface area contributed by atoms with Crippen molar-refractivity contribution < 1.29 is 9.59 Å². The van der Waals surface area contributed by atoms with E-state index in [2.05, 4.69) is 25.4 Å². The lowest BCUT2D eigenvalue weighted by atomic mass is 9.96. The van der Waals surface area contributed by atoms with E-state index in [1.807, 2.05) is 6.92 Å². The first-order valence-electron chi connectivity index (χ1n) is 8.50. The fraction of sp³-hybridized carbons (Fsp3) is 0.750. The molecular formula is C16H25N5O2. The molecule has 1 aromatic heterocycles. The quantitative estimate of drug-likeness (QED) is 0.855. The van der Waals surface area contributed by atoms with Gasteiger partial charge in [-0.05, 0) is 32.1 Å². The number of rotatable bonds is 4. The first-order chi connectivity index (χ1) is 11.0. The minimum absolute atomic E-state index is 0.0497. The SMILES string of the molecule is CC(=O)NC(C(=O)NC1CCc2nnc(C)n2C1)C1CCCC1. The van der Waals surface area contributed by atoms with Crippen molar-refractivity contribution in [1.29, 1.82) is 0 Å². The van der Waals surface area contributed by atoms with Crippen molar-refractivity contribution in [2.75, 3.05) is 0 Å². The molecule has 2 aliphatic rings. The number of aryl methyl sites for hydroxylation is 2. The molecular weight excluding hydrogens is 294 g/mol.